The molecule has 3 fully saturated rings. The predicted octanol–water partition coefficient (Wildman–Crippen LogP) is 3.51. The Kier molecular flexibility index (Phi) is 2.25. The summed E-state index contributed by atoms with van der Waals surface area (Å²) in [5.74, 6) is 6.52. The fourth-order valence-electron chi connectivity index (χ4n) is 5.46. The molecule has 4 aliphatic carbocycles. The third-order valence-electron chi connectivity index (χ3n) is 5.85. The van der Waals surface area contributed by atoms with Gasteiger partial charge in [0.15, 0.2) is 0 Å². The fraction of sp³-hybridized carbons (Fsp3) is 0.875. The van der Waals surface area contributed by atoms with Crippen molar-refractivity contribution in [2.75, 3.05) is 6.61 Å². The van der Waals surface area contributed by atoms with Crippen molar-refractivity contribution in [1.82, 2.24) is 0 Å². The normalized spacial score (nSPS) is 53.9. The quantitative estimate of drug-likeness (QED) is 0.534. The van der Waals surface area contributed by atoms with Gasteiger partial charge in [-0.2, -0.15) is 0 Å². The van der Waals surface area contributed by atoms with Crippen LogP contribution in [0.4, 0.5) is 0 Å². The maximum absolute atomic E-state index is 6.19. The smallest absolute Gasteiger partial charge is 0.0609 e. The third-order valence-corrected chi connectivity index (χ3v) is 5.85. The second-order valence-electron chi connectivity index (χ2n) is 7.26. The van der Waals surface area contributed by atoms with Gasteiger partial charge in [-0.1, -0.05) is 26.0 Å². The van der Waals surface area contributed by atoms with E-state index in [4.69, 9.17) is 4.74 Å². The van der Waals surface area contributed by atoms with E-state index in [0.717, 1.165) is 42.1 Å². The molecule has 0 amide bonds. The van der Waals surface area contributed by atoms with Gasteiger partial charge in [-0.25, -0.2) is 0 Å². The van der Waals surface area contributed by atoms with Crippen molar-refractivity contribution in [2.24, 2.45) is 41.4 Å². The topological polar surface area (TPSA) is 9.23 Å². The van der Waals surface area contributed by atoms with E-state index in [1.54, 1.807) is 0 Å². The van der Waals surface area contributed by atoms with Crippen molar-refractivity contribution in [3.8, 4) is 0 Å². The highest BCUT2D eigenvalue weighted by molar-refractivity contribution is 5.20. The van der Waals surface area contributed by atoms with Gasteiger partial charge in [-0.05, 0) is 60.7 Å². The summed E-state index contributed by atoms with van der Waals surface area (Å²) in [5.41, 5.74) is 0. The van der Waals surface area contributed by atoms with E-state index < -0.39 is 0 Å². The molecule has 1 heteroatoms. The lowest BCUT2D eigenvalue weighted by atomic mass is 9.72. The van der Waals surface area contributed by atoms with Crippen molar-refractivity contribution in [3.63, 3.8) is 0 Å². The Balaban J connectivity index is 1.50. The van der Waals surface area contributed by atoms with Crippen molar-refractivity contribution < 1.29 is 4.74 Å². The first-order chi connectivity index (χ1) is 8.24. The molecule has 0 aromatic carbocycles. The Hall–Kier alpha value is -0.300. The highest BCUT2D eigenvalue weighted by atomic mass is 16.5. The fourth-order valence-corrected chi connectivity index (χ4v) is 5.46. The van der Waals surface area contributed by atoms with Crippen LogP contribution in [0.25, 0.3) is 0 Å². The third kappa shape index (κ3) is 1.41. The summed E-state index contributed by atoms with van der Waals surface area (Å²) in [7, 11) is 0. The van der Waals surface area contributed by atoms with Crippen molar-refractivity contribution in [3.05, 3.63) is 12.2 Å². The minimum Gasteiger partial charge on any atom is -0.378 e. The average molecular weight is 232 g/mol. The van der Waals surface area contributed by atoms with Crippen LogP contribution >= 0.6 is 0 Å². The van der Waals surface area contributed by atoms with Crippen LogP contribution in [0.5, 0.6) is 0 Å². The Labute approximate surface area is 105 Å². The highest BCUT2D eigenvalue weighted by Crippen LogP contribution is 2.65. The molecule has 17 heavy (non-hydrogen) atoms. The zero-order chi connectivity index (χ0) is 11.6. The number of hydrogen-bond acceptors (Lipinski definition) is 1. The van der Waals surface area contributed by atoms with Crippen LogP contribution in [0.1, 0.15) is 33.1 Å². The van der Waals surface area contributed by atoms with Gasteiger partial charge in [0, 0.05) is 6.61 Å². The Morgan fingerprint density at radius 3 is 2.59 bits per heavy atom. The molecular weight excluding hydrogens is 208 g/mol. The second-order valence-corrected chi connectivity index (χ2v) is 7.26. The minimum atomic E-state index is 0.608. The Morgan fingerprint density at radius 1 is 1.06 bits per heavy atom. The summed E-state index contributed by atoms with van der Waals surface area (Å²) in [5, 5.41) is 0. The van der Waals surface area contributed by atoms with Crippen molar-refractivity contribution >= 4 is 0 Å². The number of allylic oxidation sites excluding steroid dienone is 2. The molecule has 0 aromatic rings. The number of hydrogen-bond donors (Lipinski definition) is 0. The van der Waals surface area contributed by atoms with Gasteiger partial charge >= 0.3 is 0 Å². The second kappa shape index (κ2) is 3.60. The van der Waals surface area contributed by atoms with Crippen LogP contribution < -0.4 is 0 Å². The number of ether oxygens (including phenoxy) is 1. The summed E-state index contributed by atoms with van der Waals surface area (Å²) >= 11 is 0. The lowest BCUT2D eigenvalue weighted by Crippen LogP contribution is -2.35. The SMILES string of the molecule is CC(C)COC1CC2CC1C1C3C=CC(C3)C21. The molecule has 4 aliphatic rings. The molecule has 0 aliphatic heterocycles. The van der Waals surface area contributed by atoms with Crippen LogP contribution in [0.2, 0.25) is 0 Å². The highest BCUT2D eigenvalue weighted by Gasteiger charge is 2.61. The first kappa shape index (κ1) is 10.6. The maximum atomic E-state index is 6.19. The molecule has 0 N–H and O–H groups in total. The lowest BCUT2D eigenvalue weighted by molar-refractivity contribution is -0.0287. The summed E-state index contributed by atoms with van der Waals surface area (Å²) in [6.07, 6.45) is 9.97. The van der Waals surface area contributed by atoms with E-state index >= 15 is 0 Å². The molecule has 7 unspecified atom stereocenters. The van der Waals surface area contributed by atoms with Gasteiger partial charge in [-0.15, -0.1) is 0 Å². The summed E-state index contributed by atoms with van der Waals surface area (Å²) in [6.45, 7) is 5.49. The monoisotopic (exact) mass is 232 g/mol. The van der Waals surface area contributed by atoms with E-state index in [0.29, 0.717) is 12.0 Å². The van der Waals surface area contributed by atoms with E-state index in [-0.39, 0.29) is 0 Å². The molecule has 0 saturated heterocycles. The maximum Gasteiger partial charge on any atom is 0.0609 e. The van der Waals surface area contributed by atoms with Gasteiger partial charge in [0.2, 0.25) is 0 Å². The predicted molar refractivity (Wildman–Crippen MR) is 68.5 cm³/mol. The van der Waals surface area contributed by atoms with Crippen LogP contribution in [0.3, 0.4) is 0 Å². The molecule has 3 saturated carbocycles. The van der Waals surface area contributed by atoms with E-state index in [9.17, 15) is 0 Å². The molecule has 7 atom stereocenters. The molecule has 0 radical (unpaired) electrons. The molecule has 0 aromatic heterocycles. The molecule has 4 bridgehead atoms. The first-order valence-corrected chi connectivity index (χ1v) is 7.54. The van der Waals surface area contributed by atoms with Crippen molar-refractivity contribution in [2.45, 2.75) is 39.2 Å². The molecule has 0 spiro atoms. The largest absolute Gasteiger partial charge is 0.378 e. The van der Waals surface area contributed by atoms with E-state index in [1.807, 2.05) is 0 Å². The van der Waals surface area contributed by atoms with Gasteiger partial charge in [-0.3, -0.25) is 0 Å². The zero-order valence-corrected chi connectivity index (χ0v) is 11.0. The summed E-state index contributed by atoms with van der Waals surface area (Å²) < 4.78 is 6.19. The van der Waals surface area contributed by atoms with E-state index in [1.165, 1.54) is 19.3 Å². The Morgan fingerprint density at radius 2 is 1.82 bits per heavy atom. The first-order valence-electron chi connectivity index (χ1n) is 7.54. The van der Waals surface area contributed by atoms with Gasteiger partial charge < -0.3 is 4.74 Å². The molecule has 0 heterocycles. The van der Waals surface area contributed by atoms with Crippen LogP contribution in [-0.2, 0) is 4.74 Å². The van der Waals surface area contributed by atoms with Gasteiger partial charge in [0.1, 0.15) is 0 Å². The number of fused-ring (bicyclic) bond motifs is 9. The molecule has 4 rings (SSSR count). The molecule has 1 nitrogen and oxygen atoms in total. The molecule has 94 valence electrons. The number of rotatable bonds is 3. The van der Waals surface area contributed by atoms with Crippen molar-refractivity contribution in [1.29, 1.82) is 0 Å². The Bertz CT molecular complexity index is 345. The average Bonchev–Trinajstić information content (AvgIpc) is 3.03. The van der Waals surface area contributed by atoms with Crippen LogP contribution in [0, 0.1) is 41.4 Å². The lowest BCUT2D eigenvalue weighted by Gasteiger charge is -2.36. The van der Waals surface area contributed by atoms with Crippen LogP contribution in [-0.4, -0.2) is 12.7 Å². The molecular formula is C16H24O. The summed E-state index contributed by atoms with van der Waals surface area (Å²) in [6, 6.07) is 0. The summed E-state index contributed by atoms with van der Waals surface area (Å²) in [4.78, 5) is 0. The standard InChI is InChI=1S/C16H24O/c1-9(2)8-17-14-7-12-6-13(14)16-11-4-3-10(5-11)15(12)16/h3-4,9-16H,5-8H2,1-2H3. The van der Waals surface area contributed by atoms with E-state index in [2.05, 4.69) is 26.0 Å². The van der Waals surface area contributed by atoms with Gasteiger partial charge in [0.25, 0.3) is 0 Å². The van der Waals surface area contributed by atoms with Gasteiger partial charge in [0.05, 0.1) is 6.10 Å². The zero-order valence-electron chi connectivity index (χ0n) is 11.0. The van der Waals surface area contributed by atoms with Crippen LogP contribution in [0.15, 0.2) is 12.2 Å². The minimum absolute atomic E-state index is 0.608.